The summed E-state index contributed by atoms with van der Waals surface area (Å²) in [5.41, 5.74) is -2.90. The highest BCUT2D eigenvalue weighted by molar-refractivity contribution is 7.84. The summed E-state index contributed by atoms with van der Waals surface area (Å²) in [7, 11) is -0.181. The van der Waals surface area contributed by atoms with Gasteiger partial charge in [-0.05, 0) is 101 Å². The van der Waals surface area contributed by atoms with E-state index in [9.17, 15) is 39.7 Å². The number of nitrogens with zero attached hydrogens (tertiary/aromatic N) is 2. The van der Waals surface area contributed by atoms with Crippen molar-refractivity contribution in [2.45, 2.75) is 88.6 Å². The van der Waals surface area contributed by atoms with Crippen LogP contribution in [0.15, 0.2) is 49.1 Å². The number of amides is 2. The lowest BCUT2D eigenvalue weighted by molar-refractivity contribution is -0.143. The number of carbonyl (C=O) groups excluding carboxylic acids is 1. The van der Waals surface area contributed by atoms with Crippen LogP contribution in [0.2, 0.25) is 0 Å². The Morgan fingerprint density at radius 1 is 1.11 bits per heavy atom. The van der Waals surface area contributed by atoms with Gasteiger partial charge in [0.2, 0.25) is 0 Å². The number of rotatable bonds is 7. The number of likely N-dealkylation sites (tertiary alicyclic amines) is 1. The average Bonchev–Trinajstić information content (AvgIpc) is 2.90. The van der Waals surface area contributed by atoms with Crippen LogP contribution in [-0.4, -0.2) is 43.9 Å². The normalized spacial score (nSPS) is 21.1. The molecular weight excluding hydrogens is 611 g/mol. The molecule has 13 heteroatoms. The van der Waals surface area contributed by atoms with Crippen molar-refractivity contribution in [1.29, 1.82) is 0 Å². The molecular formula is C31H38F7N3O2S. The monoisotopic (exact) mass is 649 g/mol. The van der Waals surface area contributed by atoms with Crippen molar-refractivity contribution < 1.29 is 39.7 Å². The molecule has 1 aliphatic heterocycles. The van der Waals surface area contributed by atoms with E-state index in [1.165, 1.54) is 31.0 Å². The van der Waals surface area contributed by atoms with Gasteiger partial charge in [0.05, 0.1) is 38.9 Å². The van der Waals surface area contributed by atoms with E-state index in [4.69, 9.17) is 0 Å². The Kier molecular flexibility index (Phi) is 10.4. The number of hydrogen-bond donors (Lipinski definition) is 1. The number of carbonyl (C=O) groups is 1. The lowest BCUT2D eigenvalue weighted by Crippen LogP contribution is -2.58. The maximum Gasteiger partial charge on any atom is 0.416 e. The summed E-state index contributed by atoms with van der Waals surface area (Å²) < 4.78 is 111. The minimum absolute atomic E-state index is 0.0454. The third-order valence-electron chi connectivity index (χ3n) is 8.00. The molecule has 1 aliphatic rings. The number of hydrogen-bond acceptors (Lipinski definition) is 2. The van der Waals surface area contributed by atoms with E-state index in [0.717, 1.165) is 4.90 Å². The van der Waals surface area contributed by atoms with Crippen molar-refractivity contribution in [2.24, 2.45) is 0 Å². The molecule has 0 saturated carbocycles. The fraction of sp³-hybridized carbons (Fsp3) is 0.516. The van der Waals surface area contributed by atoms with Crippen LogP contribution in [-0.2, 0) is 23.3 Å². The van der Waals surface area contributed by atoms with Gasteiger partial charge in [-0.25, -0.2) is 18.1 Å². The summed E-state index contributed by atoms with van der Waals surface area (Å²) in [4.78, 5) is 16.6. The van der Waals surface area contributed by atoms with E-state index in [1.54, 1.807) is 19.1 Å². The van der Waals surface area contributed by atoms with Crippen LogP contribution >= 0.6 is 0 Å². The highest BCUT2D eigenvalue weighted by Crippen LogP contribution is 2.43. The molecule has 2 amide bonds. The van der Waals surface area contributed by atoms with Crippen LogP contribution in [0.5, 0.6) is 0 Å². The number of alkyl halides is 6. The smallest absolute Gasteiger partial charge is 0.321 e. The topological polar surface area (TPSA) is 52.7 Å². The van der Waals surface area contributed by atoms with Gasteiger partial charge in [0, 0.05) is 19.1 Å². The first-order valence-electron chi connectivity index (χ1n) is 14.0. The van der Waals surface area contributed by atoms with Gasteiger partial charge in [-0.3, -0.25) is 0 Å². The Bertz CT molecular complexity index is 1370. The Hall–Kier alpha value is -2.93. The van der Waals surface area contributed by atoms with E-state index >= 15 is 0 Å². The predicted octanol–water partition coefficient (Wildman–Crippen LogP) is 8.49. The predicted molar refractivity (Wildman–Crippen MR) is 156 cm³/mol. The first kappa shape index (κ1) is 35.5. The van der Waals surface area contributed by atoms with Crippen LogP contribution in [0.1, 0.15) is 86.9 Å². The maximum absolute atomic E-state index is 14.1. The van der Waals surface area contributed by atoms with Gasteiger partial charge in [0.1, 0.15) is 5.82 Å². The first-order valence-corrected chi connectivity index (χ1v) is 15.1. The summed E-state index contributed by atoms with van der Waals surface area (Å²) in [5.74, 6) is -0.486. The number of nitrogens with one attached hydrogen (secondary N) is 1. The number of halogens is 7. The number of urea groups is 1. The average molecular weight is 650 g/mol. The molecule has 1 heterocycles. The van der Waals surface area contributed by atoms with Gasteiger partial charge < -0.3 is 9.80 Å². The fourth-order valence-electron chi connectivity index (χ4n) is 5.35. The zero-order valence-electron chi connectivity index (χ0n) is 25.5. The van der Waals surface area contributed by atoms with Gasteiger partial charge in [-0.15, -0.1) is 6.58 Å². The number of aryl methyl sites for hydroxylation is 1. The Labute approximate surface area is 256 Å². The first-order chi connectivity index (χ1) is 20.1. The molecule has 0 aliphatic carbocycles. The van der Waals surface area contributed by atoms with Crippen molar-refractivity contribution in [2.75, 3.05) is 13.6 Å². The summed E-state index contributed by atoms with van der Waals surface area (Å²) in [6.45, 7) is 12.4. The second-order valence-electron chi connectivity index (χ2n) is 12.3. The van der Waals surface area contributed by atoms with Gasteiger partial charge in [-0.2, -0.15) is 26.3 Å². The molecule has 1 unspecified atom stereocenters. The minimum atomic E-state index is -5.04. The SMILES string of the molecule is C=CC[C@@]1(NS(=O)C(C)(C)C)CCN(C(=O)N(C)[C@H](C)c2cc(C(F)(F)F)cc(C(F)(F)F)c2)[C@@H](c2ccc(F)cc2C)C1. The second-order valence-corrected chi connectivity index (χ2v) is 14.3. The highest BCUT2D eigenvalue weighted by atomic mass is 32.2. The zero-order chi connectivity index (χ0) is 33.4. The fourth-order valence-corrected chi connectivity index (χ4v) is 6.32. The largest absolute Gasteiger partial charge is 0.416 e. The molecule has 0 aromatic heterocycles. The third-order valence-corrected chi connectivity index (χ3v) is 9.73. The summed E-state index contributed by atoms with van der Waals surface area (Å²) in [6, 6.07) is 2.89. The van der Waals surface area contributed by atoms with Crippen molar-refractivity contribution in [1.82, 2.24) is 14.5 Å². The standard InChI is InChI=1S/C31H38F7N3O2S/c1-8-11-29(39-44(43)28(4,5)6)12-13-41(26(18-29)25-10-9-24(32)14-19(25)2)27(42)40(7)20(3)21-15-22(30(33,34)35)17-23(16-21)31(36,37)38/h8-10,14-17,20,26,39H,1,11-13,18H2,2-7H3/t20-,26-,29-,44?/m1/s1. The maximum atomic E-state index is 14.1. The van der Waals surface area contributed by atoms with E-state index in [0.29, 0.717) is 36.1 Å². The molecule has 1 fully saturated rings. The van der Waals surface area contributed by atoms with Gasteiger partial charge in [0.15, 0.2) is 0 Å². The Morgan fingerprint density at radius 3 is 2.16 bits per heavy atom. The zero-order valence-corrected chi connectivity index (χ0v) is 26.3. The molecule has 4 atom stereocenters. The van der Waals surface area contributed by atoms with Crippen LogP contribution in [0.3, 0.4) is 0 Å². The lowest BCUT2D eigenvalue weighted by Gasteiger charge is -2.49. The minimum Gasteiger partial charge on any atom is -0.321 e. The van der Waals surface area contributed by atoms with E-state index in [-0.39, 0.29) is 24.6 Å². The van der Waals surface area contributed by atoms with Crippen LogP contribution in [0.4, 0.5) is 35.5 Å². The Morgan fingerprint density at radius 2 is 1.68 bits per heavy atom. The van der Waals surface area contributed by atoms with Crippen molar-refractivity contribution in [3.63, 3.8) is 0 Å². The van der Waals surface area contributed by atoms with Gasteiger partial charge in [-0.1, -0.05) is 12.1 Å². The molecule has 2 aromatic carbocycles. The number of piperidine rings is 1. The van der Waals surface area contributed by atoms with Gasteiger partial charge in [0.25, 0.3) is 0 Å². The number of benzene rings is 2. The highest BCUT2D eigenvalue weighted by Gasteiger charge is 2.45. The van der Waals surface area contributed by atoms with Crippen molar-refractivity contribution >= 4 is 17.0 Å². The van der Waals surface area contributed by atoms with Gasteiger partial charge >= 0.3 is 18.4 Å². The van der Waals surface area contributed by atoms with Crippen LogP contribution in [0, 0.1) is 12.7 Å². The molecule has 244 valence electrons. The molecule has 0 radical (unpaired) electrons. The molecule has 44 heavy (non-hydrogen) atoms. The second kappa shape index (κ2) is 12.8. The molecule has 0 bridgehead atoms. The molecule has 1 N–H and O–H groups in total. The van der Waals surface area contributed by atoms with Crippen LogP contribution < -0.4 is 4.72 Å². The van der Waals surface area contributed by atoms with E-state index in [1.807, 2.05) is 20.8 Å². The van der Waals surface area contributed by atoms with Crippen molar-refractivity contribution in [3.05, 3.63) is 82.7 Å². The van der Waals surface area contributed by atoms with E-state index < -0.39 is 68.7 Å². The molecule has 1 saturated heterocycles. The summed E-state index contributed by atoms with van der Waals surface area (Å²) in [5, 5.41) is 0. The Balaban J connectivity index is 2.05. The molecule has 0 spiro atoms. The van der Waals surface area contributed by atoms with E-state index in [2.05, 4.69) is 11.3 Å². The molecule has 2 aromatic rings. The van der Waals surface area contributed by atoms with Crippen molar-refractivity contribution in [3.8, 4) is 0 Å². The molecule has 3 rings (SSSR count). The third kappa shape index (κ3) is 8.01. The lowest BCUT2D eigenvalue weighted by atomic mass is 9.78. The molecule has 5 nitrogen and oxygen atoms in total. The van der Waals surface area contributed by atoms with Crippen LogP contribution in [0.25, 0.3) is 0 Å². The quantitative estimate of drug-likeness (QED) is 0.242. The summed E-state index contributed by atoms with van der Waals surface area (Å²) >= 11 is 0. The summed E-state index contributed by atoms with van der Waals surface area (Å²) in [6.07, 6.45) is -7.43.